The van der Waals surface area contributed by atoms with Crippen LogP contribution in [-0.4, -0.2) is 23.5 Å². The molecule has 90 valence electrons. The van der Waals surface area contributed by atoms with E-state index in [-0.39, 0.29) is 6.10 Å². The summed E-state index contributed by atoms with van der Waals surface area (Å²) in [5, 5.41) is 8.61. The van der Waals surface area contributed by atoms with Crippen LogP contribution in [0.15, 0.2) is 24.3 Å². The van der Waals surface area contributed by atoms with Crippen LogP contribution < -0.4 is 0 Å². The zero-order chi connectivity index (χ0) is 11.8. The molecule has 0 amide bonds. The fourth-order valence-electron chi connectivity index (χ4n) is 2.73. The summed E-state index contributed by atoms with van der Waals surface area (Å²) in [4.78, 5) is 2.09. The molecule has 0 unspecified atom stereocenters. The molecule has 2 atom stereocenters. The highest BCUT2D eigenvalue weighted by Gasteiger charge is 2.41. The number of hydrogen-bond donors (Lipinski definition) is 1. The number of hydrogen-bond acceptors (Lipinski definition) is 2. The third-order valence-corrected chi connectivity index (χ3v) is 3.85. The van der Waals surface area contributed by atoms with Crippen LogP contribution >= 0.6 is 11.6 Å². The summed E-state index contributed by atoms with van der Waals surface area (Å²) in [6, 6.07) is 8.42. The summed E-state index contributed by atoms with van der Waals surface area (Å²) < 4.78 is 5.70. The first-order valence-electron chi connectivity index (χ1n) is 6.03. The summed E-state index contributed by atoms with van der Waals surface area (Å²) in [5.74, 6) is 0. The normalized spacial score (nSPS) is 27.8. The number of nitrogens with one attached hydrogen (secondary N) is 1. The Kier molecular flexibility index (Phi) is 2.71. The minimum absolute atomic E-state index is 0.0000617. The van der Waals surface area contributed by atoms with E-state index in [2.05, 4.69) is 4.90 Å². The van der Waals surface area contributed by atoms with Gasteiger partial charge in [0.05, 0.1) is 6.04 Å². The topological polar surface area (TPSA) is 36.3 Å². The number of amidine groups is 1. The van der Waals surface area contributed by atoms with Gasteiger partial charge < -0.3 is 9.64 Å². The predicted molar refractivity (Wildman–Crippen MR) is 67.3 cm³/mol. The molecule has 1 aromatic carbocycles. The highest BCUT2D eigenvalue weighted by Crippen LogP contribution is 2.37. The molecule has 0 aromatic heterocycles. The van der Waals surface area contributed by atoms with E-state index in [9.17, 15) is 0 Å². The van der Waals surface area contributed by atoms with Gasteiger partial charge in [0.2, 0.25) is 0 Å². The third-order valence-electron chi connectivity index (χ3n) is 3.60. The first-order chi connectivity index (χ1) is 8.25. The quantitative estimate of drug-likeness (QED) is 0.831. The summed E-state index contributed by atoms with van der Waals surface area (Å²) in [5.41, 5.74) is 1.12. The number of benzene rings is 1. The Labute approximate surface area is 106 Å². The van der Waals surface area contributed by atoms with Crippen molar-refractivity contribution >= 4 is 17.6 Å². The summed E-state index contributed by atoms with van der Waals surface area (Å²) >= 11 is 5.89. The molecule has 1 aromatic rings. The molecule has 3 rings (SSSR count). The Morgan fingerprint density at radius 1 is 1.24 bits per heavy atom. The largest absolute Gasteiger partial charge is 0.455 e. The molecule has 2 saturated heterocycles. The molecule has 0 bridgehead atoms. The number of rotatable bonds is 1. The minimum atomic E-state index is 0.0000617. The van der Waals surface area contributed by atoms with Crippen molar-refractivity contribution < 1.29 is 4.74 Å². The van der Waals surface area contributed by atoms with Gasteiger partial charge in [-0.3, -0.25) is 5.41 Å². The van der Waals surface area contributed by atoms with Gasteiger partial charge >= 0.3 is 0 Å². The van der Waals surface area contributed by atoms with Crippen LogP contribution in [0.2, 0.25) is 5.02 Å². The van der Waals surface area contributed by atoms with E-state index in [1.807, 2.05) is 24.3 Å². The molecular formula is C13H15ClN2O. The molecule has 0 spiro atoms. The van der Waals surface area contributed by atoms with Crippen LogP contribution in [0.1, 0.15) is 30.9 Å². The summed E-state index contributed by atoms with van der Waals surface area (Å²) in [7, 11) is 0. The van der Waals surface area contributed by atoms with Gasteiger partial charge in [-0.1, -0.05) is 23.7 Å². The van der Waals surface area contributed by atoms with Crippen molar-refractivity contribution in [2.75, 3.05) is 6.54 Å². The van der Waals surface area contributed by atoms with E-state index in [0.717, 1.165) is 30.0 Å². The predicted octanol–water partition coefficient (Wildman–Crippen LogP) is 3.20. The highest BCUT2D eigenvalue weighted by atomic mass is 35.5. The van der Waals surface area contributed by atoms with Crippen LogP contribution in [0.5, 0.6) is 0 Å². The Balaban J connectivity index is 1.88. The highest BCUT2D eigenvalue weighted by molar-refractivity contribution is 6.30. The second-order valence-electron chi connectivity index (χ2n) is 4.65. The smallest absolute Gasteiger partial charge is 0.285 e. The third kappa shape index (κ3) is 1.89. The van der Waals surface area contributed by atoms with E-state index < -0.39 is 0 Å². The van der Waals surface area contributed by atoms with Gasteiger partial charge in [-0.15, -0.1) is 0 Å². The van der Waals surface area contributed by atoms with E-state index in [1.54, 1.807) is 0 Å². The molecule has 2 aliphatic rings. The average Bonchev–Trinajstić information content (AvgIpc) is 2.69. The lowest BCUT2D eigenvalue weighted by Crippen LogP contribution is -2.38. The van der Waals surface area contributed by atoms with Gasteiger partial charge in [-0.2, -0.15) is 0 Å². The maximum Gasteiger partial charge on any atom is 0.285 e. The number of fused-ring (bicyclic) bond motifs is 1. The summed E-state index contributed by atoms with van der Waals surface area (Å²) in [6.07, 6.45) is 3.49. The van der Waals surface area contributed by atoms with Crippen molar-refractivity contribution in [1.29, 1.82) is 5.41 Å². The SMILES string of the molecule is N=C1O[C@H](c2ccc(Cl)cc2)[C@@H]2CCCCN12. The van der Waals surface area contributed by atoms with Gasteiger partial charge in [-0.05, 0) is 37.0 Å². The Hall–Kier alpha value is -1.22. The van der Waals surface area contributed by atoms with Crippen LogP contribution in [0.3, 0.4) is 0 Å². The lowest BCUT2D eigenvalue weighted by Gasteiger charge is -2.29. The van der Waals surface area contributed by atoms with Gasteiger partial charge in [0.15, 0.2) is 0 Å². The number of ether oxygens (including phenoxy) is 1. The molecule has 2 fully saturated rings. The molecule has 1 N–H and O–H groups in total. The Bertz CT molecular complexity index is 432. The van der Waals surface area contributed by atoms with Crippen LogP contribution in [0, 0.1) is 5.41 Å². The molecule has 2 heterocycles. The molecule has 0 aliphatic carbocycles. The fraction of sp³-hybridized carbons (Fsp3) is 0.462. The van der Waals surface area contributed by atoms with Crippen LogP contribution in [-0.2, 0) is 4.74 Å². The first kappa shape index (κ1) is 10.9. The first-order valence-corrected chi connectivity index (χ1v) is 6.41. The van der Waals surface area contributed by atoms with Gasteiger partial charge in [0, 0.05) is 11.6 Å². The maximum absolute atomic E-state index is 7.87. The van der Waals surface area contributed by atoms with E-state index in [0.29, 0.717) is 12.1 Å². The van der Waals surface area contributed by atoms with Gasteiger partial charge in [0.1, 0.15) is 6.10 Å². The van der Waals surface area contributed by atoms with Crippen molar-refractivity contribution in [3.05, 3.63) is 34.9 Å². The standard InChI is InChI=1S/C13H15ClN2O/c14-10-6-4-9(5-7-10)12-11-3-1-2-8-16(11)13(15)17-12/h4-7,11-12,15H,1-3,8H2/t11-,12+/m0/s1. The molecule has 17 heavy (non-hydrogen) atoms. The zero-order valence-corrected chi connectivity index (χ0v) is 10.3. The van der Waals surface area contributed by atoms with Crippen molar-refractivity contribution in [2.24, 2.45) is 0 Å². The number of halogens is 1. The van der Waals surface area contributed by atoms with Crippen LogP contribution in [0.25, 0.3) is 0 Å². The number of nitrogens with zero attached hydrogens (tertiary/aromatic N) is 1. The Morgan fingerprint density at radius 3 is 2.76 bits per heavy atom. The van der Waals surface area contributed by atoms with Gasteiger partial charge in [-0.25, -0.2) is 0 Å². The summed E-state index contributed by atoms with van der Waals surface area (Å²) in [6.45, 7) is 0.952. The van der Waals surface area contributed by atoms with Gasteiger partial charge in [0.25, 0.3) is 6.02 Å². The fourth-order valence-corrected chi connectivity index (χ4v) is 2.86. The molecule has 0 saturated carbocycles. The van der Waals surface area contributed by atoms with E-state index >= 15 is 0 Å². The van der Waals surface area contributed by atoms with Crippen molar-refractivity contribution in [3.8, 4) is 0 Å². The molecular weight excluding hydrogens is 236 g/mol. The van der Waals surface area contributed by atoms with Crippen LogP contribution in [0.4, 0.5) is 0 Å². The Morgan fingerprint density at radius 2 is 2.00 bits per heavy atom. The van der Waals surface area contributed by atoms with E-state index in [1.165, 1.54) is 6.42 Å². The second-order valence-corrected chi connectivity index (χ2v) is 5.09. The number of piperidine rings is 1. The second kappa shape index (κ2) is 4.22. The molecule has 0 radical (unpaired) electrons. The lowest BCUT2D eigenvalue weighted by atomic mass is 9.94. The zero-order valence-electron chi connectivity index (χ0n) is 9.53. The maximum atomic E-state index is 7.87. The minimum Gasteiger partial charge on any atom is -0.455 e. The monoisotopic (exact) mass is 250 g/mol. The molecule has 3 nitrogen and oxygen atoms in total. The molecule has 4 heteroatoms. The van der Waals surface area contributed by atoms with E-state index in [4.69, 9.17) is 21.7 Å². The van der Waals surface area contributed by atoms with Crippen molar-refractivity contribution in [1.82, 2.24) is 4.90 Å². The average molecular weight is 251 g/mol. The lowest BCUT2D eigenvalue weighted by molar-refractivity contribution is 0.167. The van der Waals surface area contributed by atoms with Crippen molar-refractivity contribution in [3.63, 3.8) is 0 Å². The molecule has 2 aliphatic heterocycles. The van der Waals surface area contributed by atoms with Crippen molar-refractivity contribution in [2.45, 2.75) is 31.4 Å².